The SMILES string of the molecule is Cc1cc(C)n(CCC(=O)N2CCc3nc4ccc(Cl)cn4c(=O)c3C2)n1. The summed E-state index contributed by atoms with van der Waals surface area (Å²) in [5.41, 5.74) is 3.73. The van der Waals surface area contributed by atoms with Crippen LogP contribution in [0, 0.1) is 13.8 Å². The molecule has 0 atom stereocenters. The maximum absolute atomic E-state index is 12.8. The van der Waals surface area contributed by atoms with Gasteiger partial charge in [-0.15, -0.1) is 0 Å². The normalized spacial score (nSPS) is 13.8. The van der Waals surface area contributed by atoms with Gasteiger partial charge in [-0.1, -0.05) is 11.6 Å². The quantitative estimate of drug-likeness (QED) is 0.692. The zero-order valence-electron chi connectivity index (χ0n) is 15.3. The van der Waals surface area contributed by atoms with E-state index in [1.165, 1.54) is 4.40 Å². The molecule has 0 N–H and O–H groups in total. The van der Waals surface area contributed by atoms with Crippen LogP contribution in [-0.2, 0) is 24.3 Å². The highest BCUT2D eigenvalue weighted by Crippen LogP contribution is 2.17. The Labute approximate surface area is 161 Å². The van der Waals surface area contributed by atoms with Crippen LogP contribution in [0.3, 0.4) is 0 Å². The fraction of sp³-hybridized carbons (Fsp3) is 0.368. The zero-order chi connectivity index (χ0) is 19.1. The highest BCUT2D eigenvalue weighted by atomic mass is 35.5. The Balaban J connectivity index is 1.54. The number of aromatic nitrogens is 4. The van der Waals surface area contributed by atoms with Crippen LogP contribution in [0.25, 0.3) is 5.65 Å². The molecule has 0 radical (unpaired) electrons. The van der Waals surface area contributed by atoms with Crippen molar-refractivity contribution < 1.29 is 4.79 Å². The third kappa shape index (κ3) is 3.35. The fourth-order valence-electron chi connectivity index (χ4n) is 3.55. The molecule has 0 unspecified atom stereocenters. The van der Waals surface area contributed by atoms with Crippen molar-refractivity contribution in [1.82, 2.24) is 24.1 Å². The Morgan fingerprint density at radius 3 is 2.85 bits per heavy atom. The van der Waals surface area contributed by atoms with E-state index < -0.39 is 0 Å². The van der Waals surface area contributed by atoms with Crippen LogP contribution in [0.15, 0.2) is 29.2 Å². The molecule has 1 aliphatic heterocycles. The molecule has 3 aromatic heterocycles. The van der Waals surface area contributed by atoms with E-state index >= 15 is 0 Å². The van der Waals surface area contributed by atoms with Gasteiger partial charge in [0.15, 0.2) is 0 Å². The van der Waals surface area contributed by atoms with Gasteiger partial charge >= 0.3 is 0 Å². The number of carbonyl (C=O) groups excluding carboxylic acids is 1. The first-order chi connectivity index (χ1) is 12.9. The van der Waals surface area contributed by atoms with Gasteiger partial charge in [0.1, 0.15) is 5.65 Å². The molecule has 0 aromatic carbocycles. The smallest absolute Gasteiger partial charge is 0.263 e. The Kier molecular flexibility index (Phi) is 4.47. The van der Waals surface area contributed by atoms with Crippen LogP contribution in [0.2, 0.25) is 5.02 Å². The second-order valence-electron chi connectivity index (χ2n) is 6.88. The molecule has 0 fully saturated rings. The van der Waals surface area contributed by atoms with Crippen LogP contribution in [0.4, 0.5) is 0 Å². The van der Waals surface area contributed by atoms with Gasteiger partial charge in [0.25, 0.3) is 5.56 Å². The number of carbonyl (C=O) groups is 1. The lowest BCUT2D eigenvalue weighted by Crippen LogP contribution is -2.40. The fourth-order valence-corrected chi connectivity index (χ4v) is 3.71. The third-order valence-corrected chi connectivity index (χ3v) is 5.15. The average Bonchev–Trinajstić information content (AvgIpc) is 2.97. The predicted octanol–water partition coefficient (Wildman–Crippen LogP) is 2.14. The molecule has 140 valence electrons. The summed E-state index contributed by atoms with van der Waals surface area (Å²) in [6.07, 6.45) is 2.50. The van der Waals surface area contributed by atoms with Crippen LogP contribution >= 0.6 is 11.6 Å². The number of nitrogens with zero attached hydrogens (tertiary/aromatic N) is 5. The number of aryl methyl sites for hydroxylation is 3. The van der Waals surface area contributed by atoms with Gasteiger partial charge in [-0.25, -0.2) is 4.98 Å². The van der Waals surface area contributed by atoms with Crippen molar-refractivity contribution in [3.8, 4) is 0 Å². The van der Waals surface area contributed by atoms with E-state index in [1.54, 1.807) is 23.2 Å². The maximum atomic E-state index is 12.8. The van der Waals surface area contributed by atoms with E-state index in [2.05, 4.69) is 10.1 Å². The first-order valence-electron chi connectivity index (χ1n) is 8.91. The van der Waals surface area contributed by atoms with E-state index in [0.29, 0.717) is 42.2 Å². The molecular weight excluding hydrogens is 366 g/mol. The van der Waals surface area contributed by atoms with Gasteiger partial charge in [-0.2, -0.15) is 5.10 Å². The Bertz CT molecular complexity index is 1100. The lowest BCUT2D eigenvalue weighted by molar-refractivity contribution is -0.132. The van der Waals surface area contributed by atoms with Gasteiger partial charge in [-0.05, 0) is 32.0 Å². The molecule has 0 aliphatic carbocycles. The van der Waals surface area contributed by atoms with Crippen molar-refractivity contribution in [2.75, 3.05) is 6.54 Å². The lowest BCUT2D eigenvalue weighted by Gasteiger charge is -2.28. The predicted molar refractivity (Wildman–Crippen MR) is 102 cm³/mol. The minimum Gasteiger partial charge on any atom is -0.338 e. The summed E-state index contributed by atoms with van der Waals surface area (Å²) < 4.78 is 3.29. The lowest BCUT2D eigenvalue weighted by atomic mass is 10.1. The summed E-state index contributed by atoms with van der Waals surface area (Å²) in [5, 5.41) is 4.86. The van der Waals surface area contributed by atoms with Crippen molar-refractivity contribution in [3.05, 3.63) is 62.4 Å². The molecule has 8 heteroatoms. The minimum absolute atomic E-state index is 0.0174. The van der Waals surface area contributed by atoms with Gasteiger partial charge in [0.2, 0.25) is 5.91 Å². The first kappa shape index (κ1) is 17.7. The average molecular weight is 386 g/mol. The van der Waals surface area contributed by atoms with Crippen molar-refractivity contribution >= 4 is 23.2 Å². The minimum atomic E-state index is -0.159. The summed E-state index contributed by atoms with van der Waals surface area (Å²) in [6.45, 7) is 5.30. The van der Waals surface area contributed by atoms with Crippen LogP contribution in [0.5, 0.6) is 0 Å². The molecule has 7 nitrogen and oxygen atoms in total. The molecule has 4 heterocycles. The number of hydrogen-bond donors (Lipinski definition) is 0. The monoisotopic (exact) mass is 385 g/mol. The molecule has 27 heavy (non-hydrogen) atoms. The van der Waals surface area contributed by atoms with E-state index in [9.17, 15) is 9.59 Å². The number of halogens is 1. The second kappa shape index (κ2) is 6.81. The molecule has 0 bridgehead atoms. The summed E-state index contributed by atoms with van der Waals surface area (Å²) >= 11 is 6.01. The number of rotatable bonds is 3. The maximum Gasteiger partial charge on any atom is 0.263 e. The van der Waals surface area contributed by atoms with Gasteiger partial charge in [0, 0.05) is 37.8 Å². The van der Waals surface area contributed by atoms with E-state index in [1.807, 2.05) is 24.6 Å². The van der Waals surface area contributed by atoms with E-state index in [-0.39, 0.29) is 18.0 Å². The summed E-state index contributed by atoms with van der Waals surface area (Å²) in [7, 11) is 0. The molecule has 0 saturated heterocycles. The Hall–Kier alpha value is -2.67. The molecule has 0 saturated carbocycles. The molecule has 0 spiro atoms. The van der Waals surface area contributed by atoms with Crippen molar-refractivity contribution in [2.24, 2.45) is 0 Å². The number of amides is 1. The molecular formula is C19H20ClN5O2. The number of hydrogen-bond acceptors (Lipinski definition) is 4. The van der Waals surface area contributed by atoms with Crippen molar-refractivity contribution in [3.63, 3.8) is 0 Å². The Morgan fingerprint density at radius 2 is 2.11 bits per heavy atom. The number of pyridine rings is 1. The van der Waals surface area contributed by atoms with Crippen molar-refractivity contribution in [2.45, 2.75) is 39.8 Å². The van der Waals surface area contributed by atoms with Gasteiger partial charge in [-0.3, -0.25) is 18.7 Å². The first-order valence-corrected chi connectivity index (χ1v) is 9.28. The van der Waals surface area contributed by atoms with Gasteiger partial charge < -0.3 is 4.90 Å². The third-order valence-electron chi connectivity index (χ3n) is 4.93. The number of fused-ring (bicyclic) bond motifs is 2. The summed E-state index contributed by atoms with van der Waals surface area (Å²) in [5.74, 6) is 0.0174. The molecule has 1 amide bonds. The molecule has 1 aliphatic rings. The highest BCUT2D eigenvalue weighted by Gasteiger charge is 2.25. The largest absolute Gasteiger partial charge is 0.338 e. The van der Waals surface area contributed by atoms with Crippen LogP contribution < -0.4 is 5.56 Å². The van der Waals surface area contributed by atoms with Crippen LogP contribution in [-0.4, -0.2) is 36.5 Å². The van der Waals surface area contributed by atoms with E-state index in [0.717, 1.165) is 17.1 Å². The van der Waals surface area contributed by atoms with E-state index in [4.69, 9.17) is 11.6 Å². The van der Waals surface area contributed by atoms with Crippen molar-refractivity contribution in [1.29, 1.82) is 0 Å². The molecule has 3 aromatic rings. The van der Waals surface area contributed by atoms with Gasteiger partial charge in [0.05, 0.1) is 28.5 Å². The standard InChI is InChI=1S/C19H20ClN5O2/c1-12-9-13(2)25(22-12)8-6-18(26)23-7-5-16-15(11-23)19(27)24-10-14(20)3-4-17(24)21-16/h3-4,9-10H,5-8,11H2,1-2H3. The summed E-state index contributed by atoms with van der Waals surface area (Å²) in [6, 6.07) is 5.44. The van der Waals surface area contributed by atoms with Crippen LogP contribution in [0.1, 0.15) is 29.1 Å². The highest BCUT2D eigenvalue weighted by molar-refractivity contribution is 6.30. The summed E-state index contributed by atoms with van der Waals surface area (Å²) in [4.78, 5) is 31.8. The Morgan fingerprint density at radius 1 is 1.30 bits per heavy atom. The topological polar surface area (TPSA) is 72.5 Å². The molecule has 4 rings (SSSR count). The second-order valence-corrected chi connectivity index (χ2v) is 7.32. The zero-order valence-corrected chi connectivity index (χ0v) is 16.0.